The first-order valence-corrected chi connectivity index (χ1v) is 3.39. The van der Waals surface area contributed by atoms with Crippen LogP contribution in [0.25, 0.3) is 0 Å². The first kappa shape index (κ1) is 18.2. The Labute approximate surface area is 116 Å². The second-order valence-electron chi connectivity index (χ2n) is 1.35. The number of allylic oxidation sites excluding steroid dienone is 2. The maximum Gasteiger partial charge on any atom is 1.00 e. The summed E-state index contributed by atoms with van der Waals surface area (Å²) in [7, 11) is 0. The Kier molecular flexibility index (Phi) is 21.0. The third-order valence-electron chi connectivity index (χ3n) is 0.753. The molecule has 0 aromatic rings. The van der Waals surface area contributed by atoms with Crippen LogP contribution in [0.4, 0.5) is 0 Å². The molecule has 0 aromatic carbocycles. The van der Waals surface area contributed by atoms with E-state index in [2.05, 4.69) is 13.2 Å². The maximum atomic E-state index is 10.0. The smallest absolute Gasteiger partial charge is 0.545 e. The number of hydrogen-bond acceptors (Lipinski definition) is 2. The van der Waals surface area contributed by atoms with E-state index in [0.717, 1.165) is 0 Å². The zero-order valence-corrected chi connectivity index (χ0v) is 11.1. The fourth-order valence-corrected chi connectivity index (χ4v) is 0.346. The fraction of sp³-hybridized carbons (Fsp3) is 0.222. The van der Waals surface area contributed by atoms with E-state index in [1.54, 1.807) is 0 Å². The summed E-state index contributed by atoms with van der Waals surface area (Å²) in [5.41, 5.74) is 0.0463. The van der Waals surface area contributed by atoms with Crippen LogP contribution < -0.4 is 56.5 Å². The fourth-order valence-electron chi connectivity index (χ4n) is 0.346. The van der Waals surface area contributed by atoms with Gasteiger partial charge in [-0.15, -0.1) is 0 Å². The second kappa shape index (κ2) is 13.9. The third-order valence-corrected chi connectivity index (χ3v) is 0.753. The molecule has 0 fully saturated rings. The Hall–Kier alpha value is 0.326. The van der Waals surface area contributed by atoms with Gasteiger partial charge in [0.05, 0.1) is 5.97 Å². The van der Waals surface area contributed by atoms with E-state index in [4.69, 9.17) is 0 Å². The zero-order valence-electron chi connectivity index (χ0n) is 7.96. The summed E-state index contributed by atoms with van der Waals surface area (Å²) in [4.78, 5) is 10.0. The van der Waals surface area contributed by atoms with E-state index in [-0.39, 0.29) is 57.0 Å². The number of carboxylic acids is 1. The van der Waals surface area contributed by atoms with Crippen molar-refractivity contribution in [1.29, 1.82) is 0 Å². The van der Waals surface area contributed by atoms with E-state index >= 15 is 0 Å². The van der Waals surface area contributed by atoms with Crippen LogP contribution in [0, 0.1) is 0 Å². The SMILES string of the molecule is C=C/C=C(\C=C)C(=O)[O-].CC.[K+]. The summed E-state index contributed by atoms with van der Waals surface area (Å²) < 4.78 is 0. The maximum absolute atomic E-state index is 10.0. The molecule has 0 heterocycles. The van der Waals surface area contributed by atoms with Gasteiger partial charge in [-0.1, -0.05) is 45.2 Å². The molecule has 0 aromatic heterocycles. The average molecular weight is 192 g/mol. The van der Waals surface area contributed by atoms with Crippen LogP contribution in [0.1, 0.15) is 13.8 Å². The van der Waals surface area contributed by atoms with Gasteiger partial charge in [-0.25, -0.2) is 0 Å². The predicted octanol–water partition coefficient (Wildman–Crippen LogP) is -1.94. The minimum Gasteiger partial charge on any atom is -0.545 e. The second-order valence-corrected chi connectivity index (χ2v) is 1.35. The van der Waals surface area contributed by atoms with Crippen molar-refractivity contribution < 1.29 is 61.3 Å². The molecule has 3 heteroatoms. The van der Waals surface area contributed by atoms with Crippen molar-refractivity contribution in [3.8, 4) is 0 Å². The molecule has 0 rings (SSSR count). The van der Waals surface area contributed by atoms with Crippen molar-refractivity contribution in [2.24, 2.45) is 0 Å². The third kappa shape index (κ3) is 10.3. The van der Waals surface area contributed by atoms with Crippen LogP contribution in [0.15, 0.2) is 37.0 Å². The average Bonchev–Trinajstić information content (AvgIpc) is 2.03. The molecule has 0 unspecified atom stereocenters. The molecule has 0 aliphatic heterocycles. The minimum atomic E-state index is -1.23. The molecule has 0 bridgehead atoms. The van der Waals surface area contributed by atoms with Crippen molar-refractivity contribution in [1.82, 2.24) is 0 Å². The molecule has 0 amide bonds. The van der Waals surface area contributed by atoms with Crippen molar-refractivity contribution in [3.63, 3.8) is 0 Å². The Balaban J connectivity index is -0.000000249. The van der Waals surface area contributed by atoms with Gasteiger partial charge in [-0.3, -0.25) is 0 Å². The Morgan fingerprint density at radius 2 is 1.75 bits per heavy atom. The zero-order chi connectivity index (χ0) is 9.28. The monoisotopic (exact) mass is 192 g/mol. The number of carbonyl (C=O) groups excluding carboxylic acids is 1. The standard InChI is InChI=1S/C7H8O2.C2H6.K/c1-3-5-6(4-2)7(8)9;1-2;/h3-5H,1-2H2,(H,8,9);1-2H3;/q;;+1/p-1/b6-5+;;. The van der Waals surface area contributed by atoms with Crippen molar-refractivity contribution >= 4 is 5.97 Å². The largest absolute Gasteiger partial charge is 1.00 e. The molecule has 0 N–H and O–H groups in total. The molecule has 12 heavy (non-hydrogen) atoms. The van der Waals surface area contributed by atoms with E-state index in [1.165, 1.54) is 18.2 Å². The van der Waals surface area contributed by atoms with Crippen LogP contribution in [0.3, 0.4) is 0 Å². The van der Waals surface area contributed by atoms with Gasteiger partial charge >= 0.3 is 51.4 Å². The molecule has 2 nitrogen and oxygen atoms in total. The summed E-state index contributed by atoms with van der Waals surface area (Å²) in [6, 6.07) is 0. The number of rotatable bonds is 3. The Morgan fingerprint density at radius 3 is 1.83 bits per heavy atom. The van der Waals surface area contributed by atoms with Crippen LogP contribution in [0.5, 0.6) is 0 Å². The minimum absolute atomic E-state index is 0. The molecule has 0 saturated carbocycles. The number of carbonyl (C=O) groups is 1. The van der Waals surface area contributed by atoms with E-state index in [9.17, 15) is 9.90 Å². The first-order chi connectivity index (χ1) is 5.22. The number of aliphatic carboxylic acids is 1. The van der Waals surface area contributed by atoms with Gasteiger partial charge in [0.2, 0.25) is 0 Å². The van der Waals surface area contributed by atoms with E-state index < -0.39 is 5.97 Å². The van der Waals surface area contributed by atoms with Crippen molar-refractivity contribution in [2.75, 3.05) is 0 Å². The summed E-state index contributed by atoms with van der Waals surface area (Å²) in [6.45, 7) is 10.6. The van der Waals surface area contributed by atoms with E-state index in [0.29, 0.717) is 0 Å². The molecule has 62 valence electrons. The molecule has 0 spiro atoms. The van der Waals surface area contributed by atoms with Crippen LogP contribution in [0.2, 0.25) is 0 Å². The van der Waals surface area contributed by atoms with Crippen LogP contribution in [-0.2, 0) is 4.79 Å². The Morgan fingerprint density at radius 1 is 1.33 bits per heavy atom. The van der Waals surface area contributed by atoms with Crippen LogP contribution >= 0.6 is 0 Å². The Bertz CT molecular complexity index is 171. The molecule has 0 radical (unpaired) electrons. The molecule has 0 aliphatic rings. The van der Waals surface area contributed by atoms with Gasteiger partial charge in [0.25, 0.3) is 0 Å². The number of carboxylic acid groups (broad SMARTS) is 1. The summed E-state index contributed by atoms with van der Waals surface area (Å²) >= 11 is 0. The van der Waals surface area contributed by atoms with E-state index in [1.807, 2.05) is 13.8 Å². The summed E-state index contributed by atoms with van der Waals surface area (Å²) in [5, 5.41) is 10.0. The van der Waals surface area contributed by atoms with Gasteiger partial charge in [0, 0.05) is 0 Å². The van der Waals surface area contributed by atoms with Gasteiger partial charge in [-0.05, 0) is 5.57 Å². The molecule has 0 saturated heterocycles. The van der Waals surface area contributed by atoms with Gasteiger partial charge in [0.1, 0.15) is 0 Å². The molecular formula is C9H13KO2. The molecular weight excluding hydrogens is 179 g/mol. The first-order valence-electron chi connectivity index (χ1n) is 3.39. The molecule has 0 aliphatic carbocycles. The summed E-state index contributed by atoms with van der Waals surface area (Å²) in [5.74, 6) is -1.23. The predicted molar refractivity (Wildman–Crippen MR) is 44.8 cm³/mol. The topological polar surface area (TPSA) is 40.1 Å². The number of hydrogen-bond donors (Lipinski definition) is 0. The van der Waals surface area contributed by atoms with Crippen molar-refractivity contribution in [3.05, 3.63) is 37.0 Å². The summed E-state index contributed by atoms with van der Waals surface area (Å²) in [6.07, 6.45) is 3.89. The van der Waals surface area contributed by atoms with Gasteiger partial charge in [0.15, 0.2) is 0 Å². The molecule has 0 atom stereocenters. The van der Waals surface area contributed by atoms with Crippen molar-refractivity contribution in [2.45, 2.75) is 13.8 Å². The van der Waals surface area contributed by atoms with Crippen LogP contribution in [-0.4, -0.2) is 5.97 Å². The van der Waals surface area contributed by atoms with Gasteiger partial charge in [-0.2, -0.15) is 0 Å². The quantitative estimate of drug-likeness (QED) is 0.297. The van der Waals surface area contributed by atoms with Gasteiger partial charge < -0.3 is 9.90 Å². The normalized spacial score (nSPS) is 8.33.